The largest absolute Gasteiger partial charge is 0.350 e. The summed E-state index contributed by atoms with van der Waals surface area (Å²) in [6.45, 7) is 6.92. The summed E-state index contributed by atoms with van der Waals surface area (Å²) >= 11 is 0. The lowest BCUT2D eigenvalue weighted by Gasteiger charge is -2.24. The fourth-order valence-corrected chi connectivity index (χ4v) is 5.04. The second-order valence-electron chi connectivity index (χ2n) is 9.96. The second kappa shape index (κ2) is 19.8. The predicted molar refractivity (Wildman–Crippen MR) is 136 cm³/mol. The fourth-order valence-electron chi connectivity index (χ4n) is 4.06. The van der Waals surface area contributed by atoms with Gasteiger partial charge < -0.3 is 10.6 Å². The normalized spacial score (nSPS) is 12.2. The monoisotopic (exact) mass is 476 g/mol. The minimum absolute atomic E-state index is 0.210. The molecule has 0 spiro atoms. The van der Waals surface area contributed by atoms with Crippen LogP contribution in [0.1, 0.15) is 130 Å². The maximum Gasteiger partial charge on any atom is 0.267 e. The van der Waals surface area contributed by atoms with Gasteiger partial charge in [0.05, 0.1) is 11.3 Å². The summed E-state index contributed by atoms with van der Waals surface area (Å²) in [6, 6.07) is 0. The van der Waals surface area contributed by atoms with Crippen LogP contribution in [0.5, 0.6) is 0 Å². The first-order valence-corrected chi connectivity index (χ1v) is 14.7. The third kappa shape index (κ3) is 24.0. The predicted octanol–water partition coefficient (Wildman–Crippen LogP) is 6.01. The highest BCUT2D eigenvalue weighted by atomic mass is 32.2. The minimum Gasteiger partial charge on any atom is -0.350 e. The third-order valence-electron chi connectivity index (χ3n) is 5.76. The van der Waals surface area contributed by atoms with Gasteiger partial charge in [-0.2, -0.15) is 8.42 Å². The highest BCUT2D eigenvalue weighted by molar-refractivity contribution is 7.85. The molecule has 32 heavy (non-hydrogen) atoms. The van der Waals surface area contributed by atoms with Crippen molar-refractivity contribution in [3.63, 3.8) is 0 Å². The SMILES string of the molecule is CCCCCCCCCCCCCCCCCCNCCC(=O)NC(C)(C)CS(=O)(=O)O. The molecule has 3 N–H and O–H groups in total. The number of carbonyl (C=O) groups is 1. The molecule has 0 saturated carbocycles. The van der Waals surface area contributed by atoms with Crippen LogP contribution in [0.15, 0.2) is 0 Å². The van der Waals surface area contributed by atoms with Gasteiger partial charge in [0.2, 0.25) is 5.91 Å². The number of hydrogen-bond donors (Lipinski definition) is 3. The highest BCUT2D eigenvalue weighted by Gasteiger charge is 2.26. The first kappa shape index (κ1) is 31.3. The molecule has 0 fully saturated rings. The molecule has 0 rings (SSSR count). The van der Waals surface area contributed by atoms with Crippen LogP contribution in [-0.2, 0) is 14.9 Å². The van der Waals surface area contributed by atoms with E-state index in [1.165, 1.54) is 96.3 Å². The first-order valence-electron chi connectivity index (χ1n) is 13.1. The van der Waals surface area contributed by atoms with Crippen LogP contribution >= 0.6 is 0 Å². The van der Waals surface area contributed by atoms with Crippen molar-refractivity contribution in [2.75, 3.05) is 18.8 Å². The molecule has 7 heteroatoms. The van der Waals surface area contributed by atoms with Crippen LogP contribution in [0.25, 0.3) is 0 Å². The molecule has 1 amide bonds. The van der Waals surface area contributed by atoms with Gasteiger partial charge in [0.25, 0.3) is 10.1 Å². The van der Waals surface area contributed by atoms with Gasteiger partial charge in [-0.15, -0.1) is 0 Å². The summed E-state index contributed by atoms with van der Waals surface area (Å²) in [5, 5.41) is 5.92. The number of rotatable bonds is 23. The molecule has 0 aromatic rings. The molecule has 0 aromatic carbocycles. The van der Waals surface area contributed by atoms with E-state index in [1.807, 2.05) is 0 Å². The van der Waals surface area contributed by atoms with Gasteiger partial charge in [0.1, 0.15) is 0 Å². The van der Waals surface area contributed by atoms with E-state index in [1.54, 1.807) is 13.8 Å². The van der Waals surface area contributed by atoms with Crippen molar-refractivity contribution in [3.8, 4) is 0 Å². The standard InChI is InChI=1S/C25H52N2O4S/c1-4-5-6-7-8-9-10-11-12-13-14-15-16-17-18-19-21-26-22-20-24(28)27-25(2,3)23-32(29,30)31/h26H,4-23H2,1-3H3,(H,27,28)(H,29,30,31). The van der Waals surface area contributed by atoms with Gasteiger partial charge in [-0.1, -0.05) is 103 Å². The zero-order valence-electron chi connectivity index (χ0n) is 21.2. The molecule has 0 aliphatic carbocycles. The van der Waals surface area contributed by atoms with E-state index in [0.29, 0.717) is 13.0 Å². The van der Waals surface area contributed by atoms with E-state index >= 15 is 0 Å². The van der Waals surface area contributed by atoms with Gasteiger partial charge in [-0.25, -0.2) is 0 Å². The Morgan fingerprint density at radius 2 is 1.12 bits per heavy atom. The lowest BCUT2D eigenvalue weighted by Crippen LogP contribution is -2.48. The van der Waals surface area contributed by atoms with Gasteiger partial charge in [-0.3, -0.25) is 9.35 Å². The zero-order valence-corrected chi connectivity index (χ0v) is 22.0. The van der Waals surface area contributed by atoms with Crippen molar-refractivity contribution in [1.29, 1.82) is 0 Å². The topological polar surface area (TPSA) is 95.5 Å². The number of unbranched alkanes of at least 4 members (excludes halogenated alkanes) is 15. The fraction of sp³-hybridized carbons (Fsp3) is 0.960. The van der Waals surface area contributed by atoms with Crippen LogP contribution < -0.4 is 10.6 Å². The zero-order chi connectivity index (χ0) is 24.1. The molecule has 6 nitrogen and oxygen atoms in total. The molecule has 0 radical (unpaired) electrons. The van der Waals surface area contributed by atoms with Crippen molar-refractivity contribution >= 4 is 16.0 Å². The van der Waals surface area contributed by atoms with Crippen LogP contribution in [-0.4, -0.2) is 43.3 Å². The Bertz CT molecular complexity index is 550. The van der Waals surface area contributed by atoms with Crippen molar-refractivity contribution in [2.24, 2.45) is 0 Å². The average molecular weight is 477 g/mol. The van der Waals surface area contributed by atoms with E-state index in [9.17, 15) is 13.2 Å². The molecule has 0 bridgehead atoms. The van der Waals surface area contributed by atoms with Crippen molar-refractivity contribution < 1.29 is 17.8 Å². The molecule has 0 aromatic heterocycles. The lowest BCUT2D eigenvalue weighted by atomic mass is 10.0. The Labute approximate surface area is 198 Å². The first-order chi connectivity index (χ1) is 15.2. The van der Waals surface area contributed by atoms with E-state index < -0.39 is 21.4 Å². The van der Waals surface area contributed by atoms with Crippen LogP contribution in [0.2, 0.25) is 0 Å². The number of hydrogen-bond acceptors (Lipinski definition) is 4. The van der Waals surface area contributed by atoms with Gasteiger partial charge in [-0.05, 0) is 26.8 Å². The molecule has 192 valence electrons. The summed E-state index contributed by atoms with van der Waals surface area (Å²) in [6.07, 6.45) is 22.0. The molecule has 0 atom stereocenters. The molecular weight excluding hydrogens is 424 g/mol. The summed E-state index contributed by atoms with van der Waals surface area (Å²) in [7, 11) is -4.11. The molecule has 0 heterocycles. The Morgan fingerprint density at radius 1 is 0.719 bits per heavy atom. The van der Waals surface area contributed by atoms with E-state index in [0.717, 1.165) is 13.0 Å². The Kier molecular flexibility index (Phi) is 19.4. The maximum absolute atomic E-state index is 11.9. The van der Waals surface area contributed by atoms with Crippen molar-refractivity contribution in [1.82, 2.24) is 10.6 Å². The van der Waals surface area contributed by atoms with Crippen LogP contribution in [0.4, 0.5) is 0 Å². The minimum atomic E-state index is -4.11. The Balaban J connectivity index is 3.34. The molecule has 0 aliphatic rings. The molecule has 0 aliphatic heterocycles. The van der Waals surface area contributed by atoms with Gasteiger partial charge in [0, 0.05) is 13.0 Å². The van der Waals surface area contributed by atoms with Gasteiger partial charge >= 0.3 is 0 Å². The Morgan fingerprint density at radius 3 is 1.53 bits per heavy atom. The quantitative estimate of drug-likeness (QED) is 0.124. The van der Waals surface area contributed by atoms with Gasteiger partial charge in [0.15, 0.2) is 0 Å². The third-order valence-corrected chi connectivity index (χ3v) is 6.84. The van der Waals surface area contributed by atoms with Crippen molar-refractivity contribution in [2.45, 2.75) is 135 Å². The number of nitrogens with one attached hydrogen (secondary N) is 2. The smallest absolute Gasteiger partial charge is 0.267 e. The van der Waals surface area contributed by atoms with E-state index in [4.69, 9.17) is 4.55 Å². The number of amides is 1. The maximum atomic E-state index is 11.9. The second-order valence-corrected chi connectivity index (χ2v) is 11.4. The van der Waals surface area contributed by atoms with E-state index in [-0.39, 0.29) is 5.91 Å². The Hall–Kier alpha value is -0.660. The average Bonchev–Trinajstić information content (AvgIpc) is 2.67. The summed E-state index contributed by atoms with van der Waals surface area (Å²) in [5.74, 6) is -0.698. The molecule has 0 saturated heterocycles. The summed E-state index contributed by atoms with van der Waals surface area (Å²) in [4.78, 5) is 11.9. The number of carbonyl (C=O) groups excluding carboxylic acids is 1. The van der Waals surface area contributed by atoms with Crippen LogP contribution in [0.3, 0.4) is 0 Å². The highest BCUT2D eigenvalue weighted by Crippen LogP contribution is 2.13. The molecular formula is C25H52N2O4S. The van der Waals surface area contributed by atoms with Crippen LogP contribution in [0, 0.1) is 0 Å². The summed E-state index contributed by atoms with van der Waals surface area (Å²) < 4.78 is 30.8. The lowest BCUT2D eigenvalue weighted by molar-refractivity contribution is -0.122. The van der Waals surface area contributed by atoms with E-state index in [2.05, 4.69) is 17.6 Å². The summed E-state index contributed by atoms with van der Waals surface area (Å²) in [5.41, 5.74) is -0.974. The van der Waals surface area contributed by atoms with Crippen molar-refractivity contribution in [3.05, 3.63) is 0 Å². The molecule has 0 unspecified atom stereocenters.